The van der Waals surface area contributed by atoms with Crippen molar-refractivity contribution >= 4 is 36.6 Å². The first-order valence-corrected chi connectivity index (χ1v) is 6.22. The zero-order valence-corrected chi connectivity index (χ0v) is 6.52. The van der Waals surface area contributed by atoms with Gasteiger partial charge in [0.1, 0.15) is 0 Å². The summed E-state index contributed by atoms with van der Waals surface area (Å²) in [5, 5.41) is 6.89. The van der Waals surface area contributed by atoms with E-state index in [2.05, 4.69) is 0 Å². The molecule has 6 heteroatoms. The van der Waals surface area contributed by atoms with Crippen molar-refractivity contribution in [3.05, 3.63) is 0 Å². The summed E-state index contributed by atoms with van der Waals surface area (Å²) in [6.07, 6.45) is 0. The van der Waals surface area contributed by atoms with Crippen molar-refractivity contribution in [2.75, 3.05) is 0 Å². The molecule has 0 radical (unpaired) electrons. The van der Waals surface area contributed by atoms with Gasteiger partial charge in [-0.15, -0.1) is 0 Å². The van der Waals surface area contributed by atoms with Gasteiger partial charge in [0.15, 0.2) is 0 Å². The SMILES string of the molecule is O=CO.[Cl][Cr]([Cl])[Cl]. The third-order valence-electron chi connectivity index (χ3n) is 0. The molecule has 45 valence electrons. The molecule has 0 saturated heterocycles. The molecule has 7 heavy (non-hydrogen) atoms. The van der Waals surface area contributed by atoms with Crippen LogP contribution in [0.5, 0.6) is 0 Å². The third-order valence-corrected chi connectivity index (χ3v) is 0. The summed E-state index contributed by atoms with van der Waals surface area (Å²) in [4.78, 5) is 8.36. The summed E-state index contributed by atoms with van der Waals surface area (Å²) in [6, 6.07) is 0. The Hall–Kier alpha value is 0.872. The maximum absolute atomic E-state index is 8.36. The number of hydrogen-bond acceptors (Lipinski definition) is 1. The molecular formula is CH2Cl3CrO2. The Morgan fingerprint density at radius 3 is 1.43 bits per heavy atom. The zero-order valence-electron chi connectivity index (χ0n) is 2.97. The van der Waals surface area contributed by atoms with Crippen molar-refractivity contribution in [3.8, 4) is 0 Å². The molecule has 0 aromatic heterocycles. The van der Waals surface area contributed by atoms with Crippen molar-refractivity contribution in [1.29, 1.82) is 0 Å². The number of halogens is 3. The van der Waals surface area contributed by atoms with Crippen molar-refractivity contribution in [2.24, 2.45) is 0 Å². The number of carboxylic acid groups (broad SMARTS) is 1. The van der Waals surface area contributed by atoms with Crippen LogP contribution in [0.2, 0.25) is 0 Å². The Morgan fingerprint density at radius 1 is 1.43 bits per heavy atom. The fraction of sp³-hybridized carbons (Fsp3) is 0. The van der Waals surface area contributed by atoms with E-state index in [0.717, 1.165) is 0 Å². The molecule has 0 aromatic carbocycles. The molecule has 1 N–H and O–H groups in total. The van der Waals surface area contributed by atoms with E-state index in [1.165, 1.54) is 0 Å². The van der Waals surface area contributed by atoms with Gasteiger partial charge >= 0.3 is 41.5 Å². The molecule has 0 aromatic rings. The van der Waals surface area contributed by atoms with Gasteiger partial charge in [-0.25, -0.2) is 0 Å². The second-order valence-corrected chi connectivity index (χ2v) is 6.60. The topological polar surface area (TPSA) is 37.3 Å². The molecule has 0 aliphatic carbocycles. The van der Waals surface area contributed by atoms with Crippen LogP contribution in [0.3, 0.4) is 0 Å². The van der Waals surface area contributed by atoms with Crippen molar-refractivity contribution in [1.82, 2.24) is 0 Å². The van der Waals surface area contributed by atoms with Gasteiger partial charge in [-0.2, -0.15) is 0 Å². The first-order chi connectivity index (χ1) is 3.15. The second-order valence-electron chi connectivity index (χ2n) is 0.280. The standard InChI is InChI=1S/CH2O2.3ClH.Cr/c2-1-3;;;;/h1H,(H,2,3);3*1H;/q;;;;+3/p-3. The Balaban J connectivity index is 0. The van der Waals surface area contributed by atoms with Crippen LogP contribution in [0.25, 0.3) is 0 Å². The quantitative estimate of drug-likeness (QED) is 0.611. The van der Waals surface area contributed by atoms with Crippen LogP contribution in [0.15, 0.2) is 0 Å². The molecule has 0 aliphatic rings. The molecule has 0 rings (SSSR count). The van der Waals surface area contributed by atoms with E-state index >= 15 is 0 Å². The van der Waals surface area contributed by atoms with E-state index < -0.39 is 11.4 Å². The summed E-state index contributed by atoms with van der Waals surface area (Å²) in [7, 11) is 14.8. The van der Waals surface area contributed by atoms with Crippen molar-refractivity contribution < 1.29 is 21.3 Å². The fourth-order valence-corrected chi connectivity index (χ4v) is 0. The minimum atomic E-state index is -1.62. The second kappa shape index (κ2) is 9.98. The number of rotatable bonds is 0. The molecule has 0 fully saturated rings. The molecule has 0 bridgehead atoms. The minimum absolute atomic E-state index is 0.250. The number of hydrogen-bond donors (Lipinski definition) is 1. The number of carbonyl (C=O) groups is 1. The maximum atomic E-state index is 8.36. The monoisotopic (exact) mass is 203 g/mol. The van der Waals surface area contributed by atoms with Gasteiger partial charge < -0.3 is 5.11 Å². The first kappa shape index (κ1) is 10.8. The summed E-state index contributed by atoms with van der Waals surface area (Å²) in [6.45, 7) is -0.250. The van der Waals surface area contributed by atoms with E-state index in [-0.39, 0.29) is 6.47 Å². The van der Waals surface area contributed by atoms with E-state index in [4.69, 9.17) is 40.0 Å². The van der Waals surface area contributed by atoms with Gasteiger partial charge in [0.2, 0.25) is 0 Å². The van der Waals surface area contributed by atoms with Gasteiger partial charge in [0.05, 0.1) is 0 Å². The summed E-state index contributed by atoms with van der Waals surface area (Å²) in [5.41, 5.74) is 0. The van der Waals surface area contributed by atoms with E-state index in [9.17, 15) is 0 Å². The van der Waals surface area contributed by atoms with Gasteiger partial charge in [0, 0.05) is 0 Å². The molecule has 0 saturated carbocycles. The Kier molecular flexibility index (Phi) is 15.4. The average Bonchev–Trinajstić information content (AvgIpc) is 1.33. The van der Waals surface area contributed by atoms with E-state index in [1.807, 2.05) is 0 Å². The summed E-state index contributed by atoms with van der Waals surface area (Å²) in [5.74, 6) is 0. The van der Waals surface area contributed by atoms with Crippen LogP contribution in [0.1, 0.15) is 0 Å². The van der Waals surface area contributed by atoms with Gasteiger partial charge in [-0.1, -0.05) is 0 Å². The van der Waals surface area contributed by atoms with Gasteiger partial charge in [-0.05, 0) is 0 Å². The van der Waals surface area contributed by atoms with Crippen LogP contribution in [0, 0.1) is 0 Å². The van der Waals surface area contributed by atoms with Crippen molar-refractivity contribution in [3.63, 3.8) is 0 Å². The molecule has 0 unspecified atom stereocenters. The van der Waals surface area contributed by atoms with Gasteiger partial charge in [0.25, 0.3) is 6.47 Å². The molecule has 0 spiro atoms. The van der Waals surface area contributed by atoms with Crippen LogP contribution >= 0.6 is 30.1 Å². The van der Waals surface area contributed by atoms with Crippen molar-refractivity contribution in [2.45, 2.75) is 0 Å². The molecular weight excluding hydrogens is 202 g/mol. The molecule has 0 atom stereocenters. The predicted molar refractivity (Wildman–Crippen MR) is 26.3 cm³/mol. The normalized spacial score (nSPS) is 6.86. The molecule has 0 heterocycles. The average molecular weight is 204 g/mol. The molecule has 0 aliphatic heterocycles. The first-order valence-electron chi connectivity index (χ1n) is 0.957. The fourth-order valence-electron chi connectivity index (χ4n) is 0. The predicted octanol–water partition coefficient (Wildman–Crippen LogP) is 1.77. The van der Waals surface area contributed by atoms with Gasteiger partial charge in [-0.3, -0.25) is 4.79 Å². The molecule has 2 nitrogen and oxygen atoms in total. The van der Waals surface area contributed by atoms with E-state index in [1.54, 1.807) is 0 Å². The van der Waals surface area contributed by atoms with Crippen LogP contribution in [0.4, 0.5) is 0 Å². The summed E-state index contributed by atoms with van der Waals surface area (Å²) >= 11 is -1.62. The zero-order chi connectivity index (χ0) is 6.28. The molecule has 0 amide bonds. The van der Waals surface area contributed by atoms with Crippen LogP contribution < -0.4 is 0 Å². The van der Waals surface area contributed by atoms with E-state index in [0.29, 0.717) is 0 Å². The Bertz CT molecular complexity index is 37.2. The summed E-state index contributed by atoms with van der Waals surface area (Å²) < 4.78 is 0. The Morgan fingerprint density at radius 2 is 1.43 bits per heavy atom. The third kappa shape index (κ3) is 214. The van der Waals surface area contributed by atoms with Crippen LogP contribution in [-0.4, -0.2) is 11.6 Å². The van der Waals surface area contributed by atoms with Crippen LogP contribution in [-0.2, 0) is 16.2 Å². The Labute approximate surface area is 58.0 Å².